The summed E-state index contributed by atoms with van der Waals surface area (Å²) in [6.45, 7) is 0.834. The van der Waals surface area contributed by atoms with E-state index in [-0.39, 0.29) is 0 Å². The van der Waals surface area contributed by atoms with E-state index in [2.05, 4.69) is 18.2 Å². The summed E-state index contributed by atoms with van der Waals surface area (Å²) in [6.07, 6.45) is 11.4. The Balaban J connectivity index is 2.04. The molecule has 0 aromatic carbocycles. The Bertz CT molecular complexity index is 145. The molecular formula is C9H15N. The highest BCUT2D eigenvalue weighted by Gasteiger charge is 1.97. The quantitative estimate of drug-likeness (QED) is 0.589. The van der Waals surface area contributed by atoms with Gasteiger partial charge in [-0.2, -0.15) is 0 Å². The summed E-state index contributed by atoms with van der Waals surface area (Å²) in [7, 11) is 0. The van der Waals surface area contributed by atoms with Gasteiger partial charge in [0.15, 0.2) is 0 Å². The van der Waals surface area contributed by atoms with Crippen LogP contribution in [0, 0.1) is 0 Å². The Labute approximate surface area is 62.6 Å². The van der Waals surface area contributed by atoms with Crippen LogP contribution in [0.25, 0.3) is 0 Å². The number of allylic oxidation sites excluding steroid dienone is 4. The van der Waals surface area contributed by atoms with E-state index >= 15 is 0 Å². The maximum absolute atomic E-state index is 5.38. The zero-order valence-corrected chi connectivity index (χ0v) is 6.34. The fourth-order valence-corrected chi connectivity index (χ4v) is 1.17. The molecule has 0 heterocycles. The fourth-order valence-electron chi connectivity index (χ4n) is 1.17. The molecule has 0 unspecified atom stereocenters. The Kier molecular flexibility index (Phi) is 3.23. The second kappa shape index (κ2) is 4.29. The predicted molar refractivity (Wildman–Crippen MR) is 44.7 cm³/mol. The van der Waals surface area contributed by atoms with Gasteiger partial charge in [-0.3, -0.25) is 0 Å². The van der Waals surface area contributed by atoms with Gasteiger partial charge in [-0.05, 0) is 32.2 Å². The van der Waals surface area contributed by atoms with Crippen LogP contribution in [0.15, 0.2) is 23.8 Å². The van der Waals surface area contributed by atoms with Crippen molar-refractivity contribution >= 4 is 0 Å². The predicted octanol–water partition coefficient (Wildman–Crippen LogP) is 2.00. The van der Waals surface area contributed by atoms with Gasteiger partial charge in [-0.25, -0.2) is 0 Å². The number of hydrogen-bond acceptors (Lipinski definition) is 1. The van der Waals surface area contributed by atoms with Gasteiger partial charge < -0.3 is 5.73 Å². The first-order valence-electron chi connectivity index (χ1n) is 3.98. The standard InChI is InChI=1S/C9H15N/c10-8-4-3-7-9-5-1-2-6-9/h1-2,5H,3-4,6-8,10H2. The summed E-state index contributed by atoms with van der Waals surface area (Å²) >= 11 is 0. The molecule has 56 valence electrons. The molecule has 2 N–H and O–H groups in total. The largest absolute Gasteiger partial charge is 0.330 e. The lowest BCUT2D eigenvalue weighted by molar-refractivity contribution is 0.734. The van der Waals surface area contributed by atoms with Crippen LogP contribution in [0.5, 0.6) is 0 Å². The minimum atomic E-state index is 0.834. The third-order valence-electron chi connectivity index (χ3n) is 1.80. The smallest absolute Gasteiger partial charge is 0.00772 e. The molecule has 0 atom stereocenters. The SMILES string of the molecule is NCCCCC1=CC=CC1. The average Bonchev–Trinajstić information content (AvgIpc) is 2.41. The highest BCUT2D eigenvalue weighted by Crippen LogP contribution is 2.16. The summed E-state index contributed by atoms with van der Waals surface area (Å²) in [5.41, 5.74) is 6.94. The maximum atomic E-state index is 5.38. The van der Waals surface area contributed by atoms with Gasteiger partial charge >= 0.3 is 0 Å². The first-order valence-corrected chi connectivity index (χ1v) is 3.98. The molecule has 0 radical (unpaired) electrons. The van der Waals surface area contributed by atoms with Gasteiger partial charge in [0.25, 0.3) is 0 Å². The van der Waals surface area contributed by atoms with Crippen molar-refractivity contribution in [2.75, 3.05) is 6.54 Å². The van der Waals surface area contributed by atoms with Crippen LogP contribution in [-0.2, 0) is 0 Å². The fraction of sp³-hybridized carbons (Fsp3) is 0.556. The van der Waals surface area contributed by atoms with E-state index in [1.807, 2.05) is 0 Å². The van der Waals surface area contributed by atoms with Crippen molar-refractivity contribution in [2.45, 2.75) is 25.7 Å². The minimum absolute atomic E-state index is 0.834. The normalized spacial score (nSPS) is 15.9. The van der Waals surface area contributed by atoms with Gasteiger partial charge in [-0.15, -0.1) is 0 Å². The lowest BCUT2D eigenvalue weighted by Crippen LogP contribution is -1.97. The Hall–Kier alpha value is -0.560. The van der Waals surface area contributed by atoms with E-state index in [0.29, 0.717) is 0 Å². The van der Waals surface area contributed by atoms with Crippen molar-refractivity contribution in [1.29, 1.82) is 0 Å². The van der Waals surface area contributed by atoms with Gasteiger partial charge in [-0.1, -0.05) is 23.8 Å². The van der Waals surface area contributed by atoms with Crippen LogP contribution in [-0.4, -0.2) is 6.54 Å². The van der Waals surface area contributed by atoms with E-state index in [0.717, 1.165) is 13.0 Å². The van der Waals surface area contributed by atoms with Crippen molar-refractivity contribution in [1.82, 2.24) is 0 Å². The molecule has 10 heavy (non-hydrogen) atoms. The summed E-state index contributed by atoms with van der Waals surface area (Å²) in [5, 5.41) is 0. The monoisotopic (exact) mass is 137 g/mol. The van der Waals surface area contributed by atoms with Gasteiger partial charge in [0, 0.05) is 0 Å². The van der Waals surface area contributed by atoms with E-state index in [9.17, 15) is 0 Å². The molecule has 0 bridgehead atoms. The second-order valence-corrected chi connectivity index (χ2v) is 2.70. The summed E-state index contributed by atoms with van der Waals surface area (Å²) in [5.74, 6) is 0. The number of hydrogen-bond donors (Lipinski definition) is 1. The van der Waals surface area contributed by atoms with E-state index < -0.39 is 0 Å². The third kappa shape index (κ3) is 2.36. The highest BCUT2D eigenvalue weighted by molar-refractivity contribution is 5.22. The Morgan fingerprint density at radius 1 is 1.40 bits per heavy atom. The van der Waals surface area contributed by atoms with E-state index in [4.69, 9.17) is 5.73 Å². The Morgan fingerprint density at radius 2 is 2.30 bits per heavy atom. The van der Waals surface area contributed by atoms with Gasteiger partial charge in [0.2, 0.25) is 0 Å². The van der Waals surface area contributed by atoms with Crippen molar-refractivity contribution in [3.05, 3.63) is 23.8 Å². The maximum Gasteiger partial charge on any atom is -0.00772 e. The van der Waals surface area contributed by atoms with Crippen LogP contribution in [0.4, 0.5) is 0 Å². The van der Waals surface area contributed by atoms with Crippen LogP contribution in [0.3, 0.4) is 0 Å². The topological polar surface area (TPSA) is 26.0 Å². The molecule has 0 fully saturated rings. The number of rotatable bonds is 4. The zero-order chi connectivity index (χ0) is 7.23. The van der Waals surface area contributed by atoms with Crippen LogP contribution in [0.1, 0.15) is 25.7 Å². The molecule has 1 aliphatic rings. The van der Waals surface area contributed by atoms with Gasteiger partial charge in [0.05, 0.1) is 0 Å². The van der Waals surface area contributed by atoms with Crippen LogP contribution in [0.2, 0.25) is 0 Å². The van der Waals surface area contributed by atoms with Crippen molar-refractivity contribution < 1.29 is 0 Å². The molecule has 0 aromatic heterocycles. The van der Waals surface area contributed by atoms with E-state index in [1.165, 1.54) is 19.3 Å². The summed E-state index contributed by atoms with van der Waals surface area (Å²) in [6, 6.07) is 0. The first kappa shape index (κ1) is 7.55. The Morgan fingerprint density at radius 3 is 2.90 bits per heavy atom. The molecule has 0 saturated heterocycles. The van der Waals surface area contributed by atoms with E-state index in [1.54, 1.807) is 5.57 Å². The molecule has 0 spiro atoms. The molecule has 0 aliphatic heterocycles. The lowest BCUT2D eigenvalue weighted by atomic mass is 10.1. The number of unbranched alkanes of at least 4 members (excludes halogenated alkanes) is 1. The third-order valence-corrected chi connectivity index (χ3v) is 1.80. The number of nitrogens with two attached hydrogens (primary N) is 1. The first-order chi connectivity index (χ1) is 4.93. The average molecular weight is 137 g/mol. The molecule has 1 heteroatoms. The molecule has 1 aliphatic carbocycles. The van der Waals surface area contributed by atoms with Crippen LogP contribution >= 0.6 is 0 Å². The minimum Gasteiger partial charge on any atom is -0.330 e. The second-order valence-electron chi connectivity index (χ2n) is 2.70. The molecular weight excluding hydrogens is 122 g/mol. The van der Waals surface area contributed by atoms with Crippen LogP contribution < -0.4 is 5.73 Å². The molecule has 0 amide bonds. The van der Waals surface area contributed by atoms with Crippen molar-refractivity contribution in [3.63, 3.8) is 0 Å². The summed E-state index contributed by atoms with van der Waals surface area (Å²) in [4.78, 5) is 0. The molecule has 1 nitrogen and oxygen atoms in total. The molecule has 1 rings (SSSR count). The summed E-state index contributed by atoms with van der Waals surface area (Å²) < 4.78 is 0. The van der Waals surface area contributed by atoms with Crippen molar-refractivity contribution in [2.24, 2.45) is 5.73 Å². The molecule has 0 saturated carbocycles. The zero-order valence-electron chi connectivity index (χ0n) is 6.34. The lowest BCUT2D eigenvalue weighted by Gasteiger charge is -1.98. The van der Waals surface area contributed by atoms with Crippen molar-refractivity contribution in [3.8, 4) is 0 Å². The molecule has 0 aromatic rings. The van der Waals surface area contributed by atoms with Gasteiger partial charge in [0.1, 0.15) is 0 Å². The highest BCUT2D eigenvalue weighted by atomic mass is 14.5.